The van der Waals surface area contributed by atoms with Crippen molar-refractivity contribution in [2.45, 2.75) is 13.5 Å². The van der Waals surface area contributed by atoms with Gasteiger partial charge >= 0.3 is 0 Å². The monoisotopic (exact) mass is 498 g/mol. The van der Waals surface area contributed by atoms with Crippen molar-refractivity contribution in [2.24, 2.45) is 7.05 Å². The molecule has 1 amide bonds. The van der Waals surface area contributed by atoms with Gasteiger partial charge in [-0.2, -0.15) is 5.10 Å². The molecule has 0 spiro atoms. The normalized spacial score (nSPS) is 10.6. The van der Waals surface area contributed by atoms with E-state index in [-0.39, 0.29) is 17.9 Å². The Bertz CT molecular complexity index is 694. The standard InChI is InChI=1S/C12H12I2N4O2/c1-7-3-10(17(2)16-7)15-11(19)6-18-4-8(13)12(20)9(14)5-18/h3-5H,6H2,1-2H3,(H,15,19). The summed E-state index contributed by atoms with van der Waals surface area (Å²) in [5.74, 6) is 0.487. The summed E-state index contributed by atoms with van der Waals surface area (Å²) in [6.45, 7) is 2.01. The van der Waals surface area contributed by atoms with Crippen molar-refractivity contribution in [3.63, 3.8) is 0 Å². The second-order valence-corrected chi connectivity index (χ2v) is 6.62. The highest BCUT2D eigenvalue weighted by molar-refractivity contribution is 14.1. The van der Waals surface area contributed by atoms with Gasteiger partial charge in [-0.15, -0.1) is 0 Å². The molecule has 0 aliphatic heterocycles. The van der Waals surface area contributed by atoms with Gasteiger partial charge in [0.1, 0.15) is 12.4 Å². The third kappa shape index (κ3) is 3.59. The van der Waals surface area contributed by atoms with Gasteiger partial charge in [0.15, 0.2) is 0 Å². The minimum absolute atomic E-state index is 0.00915. The van der Waals surface area contributed by atoms with Crippen LogP contribution in [0, 0.1) is 14.1 Å². The zero-order valence-electron chi connectivity index (χ0n) is 10.9. The lowest BCUT2D eigenvalue weighted by Gasteiger charge is -2.09. The highest BCUT2D eigenvalue weighted by Crippen LogP contribution is 2.09. The van der Waals surface area contributed by atoms with E-state index >= 15 is 0 Å². The number of anilines is 1. The van der Waals surface area contributed by atoms with Crippen LogP contribution in [0.1, 0.15) is 5.69 Å². The van der Waals surface area contributed by atoms with Crippen molar-refractivity contribution in [1.82, 2.24) is 14.3 Å². The van der Waals surface area contributed by atoms with Crippen molar-refractivity contribution in [3.8, 4) is 0 Å². The molecule has 0 aliphatic carbocycles. The Morgan fingerprint density at radius 3 is 2.45 bits per heavy atom. The van der Waals surface area contributed by atoms with E-state index in [4.69, 9.17) is 0 Å². The van der Waals surface area contributed by atoms with Crippen LogP contribution in [0.5, 0.6) is 0 Å². The van der Waals surface area contributed by atoms with Crippen LogP contribution in [0.3, 0.4) is 0 Å². The Hall–Kier alpha value is -0.910. The number of nitrogens with zero attached hydrogens (tertiary/aromatic N) is 3. The van der Waals surface area contributed by atoms with Gasteiger partial charge in [-0.1, -0.05) is 0 Å². The fraction of sp³-hybridized carbons (Fsp3) is 0.250. The van der Waals surface area contributed by atoms with Crippen LogP contribution >= 0.6 is 45.2 Å². The summed E-state index contributed by atoms with van der Waals surface area (Å²) in [6.07, 6.45) is 3.33. The van der Waals surface area contributed by atoms with Crippen molar-refractivity contribution in [3.05, 3.63) is 41.5 Å². The summed E-state index contributed by atoms with van der Waals surface area (Å²) in [7, 11) is 1.77. The molecule has 0 aromatic carbocycles. The van der Waals surface area contributed by atoms with Gasteiger partial charge < -0.3 is 9.88 Å². The second kappa shape index (κ2) is 6.24. The molecule has 8 heteroatoms. The van der Waals surface area contributed by atoms with Gasteiger partial charge in [-0.25, -0.2) is 0 Å². The molecule has 2 aromatic rings. The molecule has 2 heterocycles. The third-order valence-electron chi connectivity index (χ3n) is 2.59. The van der Waals surface area contributed by atoms with E-state index in [1.54, 1.807) is 34.8 Å². The molecular formula is C12H12I2N4O2. The maximum absolute atomic E-state index is 12.0. The molecule has 2 aromatic heterocycles. The number of amides is 1. The summed E-state index contributed by atoms with van der Waals surface area (Å²) in [6, 6.07) is 1.80. The van der Waals surface area contributed by atoms with E-state index in [2.05, 4.69) is 10.4 Å². The maximum Gasteiger partial charge on any atom is 0.245 e. The number of halogens is 2. The molecule has 0 bridgehead atoms. The van der Waals surface area contributed by atoms with Crippen LogP contribution in [0.15, 0.2) is 23.3 Å². The summed E-state index contributed by atoms with van der Waals surface area (Å²) < 4.78 is 4.51. The first kappa shape index (κ1) is 15.5. The van der Waals surface area contributed by atoms with E-state index in [0.29, 0.717) is 13.0 Å². The molecule has 1 N–H and O–H groups in total. The Kier molecular flexibility index (Phi) is 4.83. The van der Waals surface area contributed by atoms with E-state index < -0.39 is 0 Å². The van der Waals surface area contributed by atoms with Crippen LogP contribution < -0.4 is 10.7 Å². The number of rotatable bonds is 3. The SMILES string of the molecule is Cc1cc(NC(=O)Cn2cc(I)c(=O)c(I)c2)n(C)n1. The van der Waals surface area contributed by atoms with Gasteiger partial charge in [-0.3, -0.25) is 14.3 Å². The quantitative estimate of drug-likeness (QED) is 0.657. The van der Waals surface area contributed by atoms with Crippen molar-refractivity contribution < 1.29 is 4.79 Å². The number of pyridine rings is 1. The molecule has 0 aliphatic rings. The van der Waals surface area contributed by atoms with Gasteiger partial charge in [0.2, 0.25) is 11.3 Å². The van der Waals surface area contributed by atoms with Gasteiger partial charge in [-0.05, 0) is 52.1 Å². The average Bonchev–Trinajstić information content (AvgIpc) is 2.64. The molecule has 20 heavy (non-hydrogen) atoms. The molecule has 6 nitrogen and oxygen atoms in total. The Labute approximate surface area is 142 Å². The number of aromatic nitrogens is 3. The molecule has 2 rings (SSSR count). The topological polar surface area (TPSA) is 68.9 Å². The van der Waals surface area contributed by atoms with Crippen molar-refractivity contribution in [2.75, 3.05) is 5.32 Å². The van der Waals surface area contributed by atoms with E-state index in [1.165, 1.54) is 0 Å². The average molecular weight is 498 g/mol. The zero-order valence-corrected chi connectivity index (χ0v) is 15.2. The summed E-state index contributed by atoms with van der Waals surface area (Å²) in [5.41, 5.74) is 0.834. The van der Waals surface area contributed by atoms with Gasteiger partial charge in [0, 0.05) is 25.5 Å². The molecule has 106 valence electrons. The number of carbonyl (C=O) groups is 1. The first-order valence-electron chi connectivity index (χ1n) is 5.72. The van der Waals surface area contributed by atoms with E-state index in [1.807, 2.05) is 52.1 Å². The first-order valence-corrected chi connectivity index (χ1v) is 7.88. The Morgan fingerprint density at radius 1 is 1.35 bits per heavy atom. The lowest BCUT2D eigenvalue weighted by molar-refractivity contribution is -0.116. The third-order valence-corrected chi connectivity index (χ3v) is 4.12. The van der Waals surface area contributed by atoms with Gasteiger partial charge in [0.25, 0.3) is 0 Å². The molecule has 0 saturated heterocycles. The fourth-order valence-electron chi connectivity index (χ4n) is 1.73. The van der Waals surface area contributed by atoms with E-state index in [0.717, 1.165) is 5.69 Å². The zero-order chi connectivity index (χ0) is 14.9. The molecular weight excluding hydrogens is 486 g/mol. The maximum atomic E-state index is 12.0. The van der Waals surface area contributed by atoms with Crippen molar-refractivity contribution in [1.29, 1.82) is 0 Å². The van der Waals surface area contributed by atoms with Gasteiger partial charge in [0.05, 0.1) is 12.8 Å². The highest BCUT2D eigenvalue weighted by Gasteiger charge is 2.09. The number of aryl methyl sites for hydroxylation is 2. The Balaban J connectivity index is 2.12. The largest absolute Gasteiger partial charge is 0.343 e. The van der Waals surface area contributed by atoms with Crippen LogP contribution in [0.2, 0.25) is 0 Å². The first-order chi connectivity index (χ1) is 9.36. The summed E-state index contributed by atoms with van der Waals surface area (Å²) in [4.78, 5) is 23.6. The predicted octanol–water partition coefficient (Wildman–Crippen LogP) is 1.74. The molecule has 0 unspecified atom stereocenters. The van der Waals surface area contributed by atoms with Crippen LogP contribution in [-0.2, 0) is 18.4 Å². The minimum Gasteiger partial charge on any atom is -0.343 e. The molecule has 0 saturated carbocycles. The van der Waals surface area contributed by atoms with E-state index in [9.17, 15) is 9.59 Å². The number of hydrogen-bond donors (Lipinski definition) is 1. The number of carbonyl (C=O) groups excluding carboxylic acids is 1. The minimum atomic E-state index is -0.164. The highest BCUT2D eigenvalue weighted by atomic mass is 127. The molecule has 0 radical (unpaired) electrons. The summed E-state index contributed by atoms with van der Waals surface area (Å²) >= 11 is 3.94. The number of nitrogens with one attached hydrogen (secondary N) is 1. The molecule has 0 fully saturated rings. The van der Waals surface area contributed by atoms with Crippen LogP contribution in [0.4, 0.5) is 5.82 Å². The smallest absolute Gasteiger partial charge is 0.245 e. The fourth-order valence-corrected chi connectivity index (χ4v) is 3.54. The van der Waals surface area contributed by atoms with Crippen molar-refractivity contribution >= 4 is 56.9 Å². The number of hydrogen-bond acceptors (Lipinski definition) is 3. The van der Waals surface area contributed by atoms with Crippen LogP contribution in [0.25, 0.3) is 0 Å². The van der Waals surface area contributed by atoms with Crippen LogP contribution in [-0.4, -0.2) is 20.3 Å². The Morgan fingerprint density at radius 2 is 1.95 bits per heavy atom. The predicted molar refractivity (Wildman–Crippen MR) is 92.7 cm³/mol. The second-order valence-electron chi connectivity index (χ2n) is 4.30. The lowest BCUT2D eigenvalue weighted by Crippen LogP contribution is -2.22. The summed E-state index contributed by atoms with van der Waals surface area (Å²) in [5, 5.41) is 6.95. The lowest BCUT2D eigenvalue weighted by atomic mass is 10.4. The molecule has 0 atom stereocenters.